The number of anilines is 2. The summed E-state index contributed by atoms with van der Waals surface area (Å²) in [7, 11) is 0. The number of carbonyl (C=O) groups excluding carboxylic acids is 2. The first kappa shape index (κ1) is 29.0. The summed E-state index contributed by atoms with van der Waals surface area (Å²) >= 11 is 0. The van der Waals surface area contributed by atoms with Crippen LogP contribution in [0.25, 0.3) is 0 Å². The van der Waals surface area contributed by atoms with E-state index in [0.717, 1.165) is 0 Å². The molecule has 0 aromatic heterocycles. The van der Waals surface area contributed by atoms with E-state index in [1.807, 2.05) is 0 Å². The van der Waals surface area contributed by atoms with Crippen LogP contribution in [0.4, 0.5) is 33.3 Å². The number of carbonyl (C=O) groups is 3. The molecule has 0 radical (unpaired) electrons. The molecule has 1 aliphatic heterocycles. The minimum absolute atomic E-state index is 0.00491. The topological polar surface area (TPSA) is 151 Å². The lowest BCUT2D eigenvalue weighted by atomic mass is 9.80. The zero-order valence-corrected chi connectivity index (χ0v) is 21.5. The summed E-state index contributed by atoms with van der Waals surface area (Å²) in [6, 6.07) is 12.4. The van der Waals surface area contributed by atoms with Gasteiger partial charge in [0.05, 0.1) is 6.54 Å². The number of benzene rings is 4. The molecule has 0 spiro atoms. The molecule has 0 saturated carbocycles. The van der Waals surface area contributed by atoms with E-state index in [9.17, 15) is 46.5 Å². The molecule has 0 bridgehead atoms. The largest absolute Gasteiger partial charge is 0.507 e. The second-order valence-electron chi connectivity index (χ2n) is 9.24. The van der Waals surface area contributed by atoms with E-state index in [1.165, 1.54) is 48.5 Å². The number of rotatable bonds is 6. The van der Waals surface area contributed by atoms with Crippen molar-refractivity contribution in [3.63, 3.8) is 0 Å². The summed E-state index contributed by atoms with van der Waals surface area (Å²) in [6.07, 6.45) is 0. The molecule has 0 saturated heterocycles. The van der Waals surface area contributed by atoms with Crippen molar-refractivity contribution in [1.82, 2.24) is 0 Å². The molecular formula is C29H18F5N3O6. The van der Waals surface area contributed by atoms with Gasteiger partial charge in [0.2, 0.25) is 11.7 Å². The number of carboxylic acid groups (broad SMARTS) is 1. The molecule has 4 aromatic rings. The molecule has 14 heteroatoms. The van der Waals surface area contributed by atoms with Gasteiger partial charge in [-0.2, -0.15) is 0 Å². The van der Waals surface area contributed by atoms with E-state index in [0.29, 0.717) is 11.1 Å². The van der Waals surface area contributed by atoms with Crippen molar-refractivity contribution >= 4 is 29.2 Å². The number of fused-ring (bicyclic) bond motifs is 2. The highest BCUT2D eigenvalue weighted by molar-refractivity contribution is 6.05. The van der Waals surface area contributed by atoms with Gasteiger partial charge in [0, 0.05) is 40.6 Å². The van der Waals surface area contributed by atoms with Gasteiger partial charge in [-0.05, 0) is 23.8 Å². The number of aromatic hydroxyl groups is 1. The van der Waals surface area contributed by atoms with E-state index < -0.39 is 69.7 Å². The van der Waals surface area contributed by atoms with Gasteiger partial charge in [-0.1, -0.05) is 24.3 Å². The quantitative estimate of drug-likeness (QED) is 0.102. The van der Waals surface area contributed by atoms with Crippen LogP contribution in [0.1, 0.15) is 43.3 Å². The van der Waals surface area contributed by atoms with Crippen LogP contribution in [0.3, 0.4) is 0 Å². The van der Waals surface area contributed by atoms with Crippen LogP contribution in [0.15, 0.2) is 54.6 Å². The van der Waals surface area contributed by atoms with E-state index >= 15 is 0 Å². The number of nitrogens with one attached hydrogen (secondary N) is 2. The smallest absolute Gasteiger partial charge is 0.339 e. The molecule has 4 aromatic carbocycles. The second kappa shape index (κ2) is 11.1. The van der Waals surface area contributed by atoms with Crippen LogP contribution in [0.2, 0.25) is 0 Å². The highest BCUT2D eigenvalue weighted by Gasteiger charge is 2.34. The fraction of sp³-hybridized carbons (Fsp3) is 0.0690. The van der Waals surface area contributed by atoms with Crippen molar-refractivity contribution in [2.45, 2.75) is 5.92 Å². The Bertz CT molecular complexity index is 1820. The zero-order valence-electron chi connectivity index (χ0n) is 21.5. The highest BCUT2D eigenvalue weighted by atomic mass is 19.2. The molecular weight excluding hydrogens is 581 g/mol. The number of hydrogen-bond donors (Lipinski definition) is 5. The molecule has 0 fully saturated rings. The lowest BCUT2D eigenvalue weighted by Crippen LogP contribution is -2.22. The maximum absolute atomic E-state index is 14.2. The molecule has 43 heavy (non-hydrogen) atoms. The van der Waals surface area contributed by atoms with Crippen molar-refractivity contribution in [1.29, 1.82) is 0 Å². The number of halogens is 5. The number of amides is 2. The Morgan fingerprint density at radius 3 is 1.81 bits per heavy atom. The van der Waals surface area contributed by atoms with Gasteiger partial charge in [-0.15, -0.1) is 0 Å². The second-order valence-corrected chi connectivity index (χ2v) is 9.24. The fourth-order valence-corrected chi connectivity index (χ4v) is 4.74. The standard InChI is InChI=1S/C29H18F5N3O6/c30-23-22(24(31)26(33)27(34)25(23)32)28(40)37-12-5-7-14-18(9-12)43-17-8-11(36-19(39)10-35)4-6-13(17)20(14)15-2-1-3-16(38)21(15)29(41)42/h1-9,20,38H,10,35H2,(H,36,39)(H,37,40)(H,41,42). The van der Waals surface area contributed by atoms with E-state index in [2.05, 4.69) is 10.6 Å². The highest BCUT2D eigenvalue weighted by Crippen LogP contribution is 2.50. The first-order valence-electron chi connectivity index (χ1n) is 12.3. The van der Waals surface area contributed by atoms with Gasteiger partial charge < -0.3 is 31.3 Å². The van der Waals surface area contributed by atoms with Crippen LogP contribution in [0, 0.1) is 29.1 Å². The summed E-state index contributed by atoms with van der Waals surface area (Å²) in [4.78, 5) is 36.6. The molecule has 2 amide bonds. The third-order valence-electron chi connectivity index (χ3n) is 6.63. The monoisotopic (exact) mass is 599 g/mol. The van der Waals surface area contributed by atoms with Gasteiger partial charge in [0.15, 0.2) is 23.3 Å². The lowest BCUT2D eigenvalue weighted by molar-refractivity contribution is -0.114. The van der Waals surface area contributed by atoms with Gasteiger partial charge in [-0.3, -0.25) is 9.59 Å². The maximum Gasteiger partial charge on any atom is 0.339 e. The maximum atomic E-state index is 14.2. The van der Waals surface area contributed by atoms with Gasteiger partial charge in [0.25, 0.3) is 5.91 Å². The SMILES string of the molecule is NCC(=O)Nc1ccc2c(c1)Oc1cc(NC(=O)c3c(F)c(F)c(F)c(F)c3F)ccc1C2c1cccc(O)c1C(=O)O. The normalized spacial score (nSPS) is 13.4. The molecule has 0 aliphatic carbocycles. The van der Waals surface area contributed by atoms with Crippen LogP contribution in [-0.4, -0.2) is 34.5 Å². The molecule has 1 unspecified atom stereocenters. The Morgan fingerprint density at radius 1 is 0.744 bits per heavy atom. The molecule has 1 heterocycles. The van der Waals surface area contributed by atoms with Gasteiger partial charge in [0.1, 0.15) is 28.4 Å². The van der Waals surface area contributed by atoms with Crippen molar-refractivity contribution in [3.8, 4) is 17.2 Å². The number of nitrogens with two attached hydrogens (primary N) is 1. The third-order valence-corrected chi connectivity index (χ3v) is 6.63. The van der Waals surface area contributed by atoms with Crippen molar-refractivity contribution in [2.24, 2.45) is 5.73 Å². The van der Waals surface area contributed by atoms with Gasteiger partial charge in [-0.25, -0.2) is 26.7 Å². The molecule has 220 valence electrons. The van der Waals surface area contributed by atoms with Gasteiger partial charge >= 0.3 is 5.97 Å². The van der Waals surface area contributed by atoms with E-state index in [-0.39, 0.29) is 35.0 Å². The summed E-state index contributed by atoms with van der Waals surface area (Å²) < 4.78 is 75.2. The summed E-state index contributed by atoms with van der Waals surface area (Å²) in [6.45, 7) is -0.319. The first-order chi connectivity index (χ1) is 20.4. The lowest BCUT2D eigenvalue weighted by Gasteiger charge is -2.30. The average molecular weight is 599 g/mol. The molecule has 1 atom stereocenters. The number of ether oxygens (including phenoxy) is 1. The number of phenols is 1. The Kier molecular flexibility index (Phi) is 7.46. The number of aromatic carboxylic acids is 1. The fourth-order valence-electron chi connectivity index (χ4n) is 4.74. The van der Waals surface area contributed by atoms with Crippen LogP contribution in [0.5, 0.6) is 17.2 Å². The predicted molar refractivity (Wildman–Crippen MR) is 141 cm³/mol. The van der Waals surface area contributed by atoms with Crippen molar-refractivity contribution in [2.75, 3.05) is 17.2 Å². The summed E-state index contributed by atoms with van der Waals surface area (Å²) in [5, 5.41) is 24.8. The number of carboxylic acids is 1. The van der Waals surface area contributed by atoms with Crippen LogP contribution < -0.4 is 21.1 Å². The predicted octanol–water partition coefficient (Wildman–Crippen LogP) is 5.22. The van der Waals surface area contributed by atoms with E-state index in [4.69, 9.17) is 10.5 Å². The zero-order chi connectivity index (χ0) is 31.2. The minimum Gasteiger partial charge on any atom is -0.507 e. The molecule has 6 N–H and O–H groups in total. The van der Waals surface area contributed by atoms with Crippen molar-refractivity contribution in [3.05, 3.63) is 112 Å². The van der Waals surface area contributed by atoms with Crippen LogP contribution >= 0.6 is 0 Å². The third kappa shape index (κ3) is 5.08. The molecule has 5 rings (SSSR count). The number of hydrogen-bond acceptors (Lipinski definition) is 6. The Labute approximate surface area is 238 Å². The first-order valence-corrected chi connectivity index (χ1v) is 12.3. The van der Waals surface area contributed by atoms with E-state index in [1.54, 1.807) is 6.07 Å². The van der Waals surface area contributed by atoms with Crippen LogP contribution in [-0.2, 0) is 4.79 Å². The summed E-state index contributed by atoms with van der Waals surface area (Å²) in [5.41, 5.74) is 4.22. The molecule has 1 aliphatic rings. The Morgan fingerprint density at radius 2 is 1.28 bits per heavy atom. The summed E-state index contributed by atoms with van der Waals surface area (Å²) in [5.74, 6) is -16.6. The Hall–Kier alpha value is -5.50. The Balaban J connectivity index is 1.61. The average Bonchev–Trinajstić information content (AvgIpc) is 2.97. The minimum atomic E-state index is -2.42. The van der Waals surface area contributed by atoms with Crippen molar-refractivity contribution < 1.29 is 51.3 Å². The molecule has 9 nitrogen and oxygen atoms in total.